The number of nitrogens with one attached hydrogen (secondary N) is 1. The van der Waals surface area contributed by atoms with Crippen molar-refractivity contribution in [1.82, 2.24) is 9.97 Å². The van der Waals surface area contributed by atoms with E-state index in [1.165, 1.54) is 0 Å². The van der Waals surface area contributed by atoms with E-state index < -0.39 is 5.97 Å². The van der Waals surface area contributed by atoms with Gasteiger partial charge in [-0.25, -0.2) is 9.78 Å². The number of carboxylic acid groups (broad SMARTS) is 1. The molecule has 2 aromatic rings. The van der Waals surface area contributed by atoms with Gasteiger partial charge in [0.05, 0.1) is 5.69 Å². The first-order chi connectivity index (χ1) is 9.14. The Morgan fingerprint density at radius 1 is 1.58 bits per heavy atom. The number of carboxylic acids is 1. The first-order valence-corrected chi connectivity index (χ1v) is 6.96. The van der Waals surface area contributed by atoms with Gasteiger partial charge < -0.3 is 14.8 Å². The van der Waals surface area contributed by atoms with Gasteiger partial charge in [0.2, 0.25) is 0 Å². The fourth-order valence-electron chi connectivity index (χ4n) is 2.28. The molecule has 1 aliphatic rings. The zero-order valence-corrected chi connectivity index (χ0v) is 11.3. The molecule has 100 valence electrons. The summed E-state index contributed by atoms with van der Waals surface area (Å²) in [5, 5.41) is 11.8. The lowest BCUT2D eigenvalue weighted by atomic mass is 9.80. The van der Waals surface area contributed by atoms with Gasteiger partial charge >= 0.3 is 5.97 Å². The molecule has 2 N–H and O–H groups in total. The van der Waals surface area contributed by atoms with Crippen LogP contribution in [-0.2, 0) is 10.3 Å². The highest BCUT2D eigenvalue weighted by atomic mass is 32.1. The highest BCUT2D eigenvalue weighted by molar-refractivity contribution is 7.10. The van der Waals surface area contributed by atoms with Gasteiger partial charge in [-0.1, -0.05) is 0 Å². The molecule has 5 nitrogen and oxygen atoms in total. The summed E-state index contributed by atoms with van der Waals surface area (Å²) in [7, 11) is 1.72. The van der Waals surface area contributed by atoms with Crippen molar-refractivity contribution in [3.8, 4) is 11.3 Å². The maximum Gasteiger partial charge on any atom is 0.352 e. The molecular weight excluding hydrogens is 264 g/mol. The number of H-pyrrole nitrogens is 1. The van der Waals surface area contributed by atoms with Crippen molar-refractivity contribution in [3.63, 3.8) is 0 Å². The molecule has 0 aromatic carbocycles. The summed E-state index contributed by atoms with van der Waals surface area (Å²) in [5.41, 5.74) is 1.56. The van der Waals surface area contributed by atoms with E-state index in [0.717, 1.165) is 35.5 Å². The molecule has 1 saturated carbocycles. The van der Waals surface area contributed by atoms with E-state index in [1.807, 2.05) is 5.38 Å². The Balaban J connectivity index is 1.90. The molecule has 0 radical (unpaired) electrons. The van der Waals surface area contributed by atoms with Crippen LogP contribution < -0.4 is 0 Å². The van der Waals surface area contributed by atoms with E-state index in [1.54, 1.807) is 30.7 Å². The molecule has 0 spiro atoms. The lowest BCUT2D eigenvalue weighted by Gasteiger charge is -2.38. The minimum atomic E-state index is -0.964. The van der Waals surface area contributed by atoms with Crippen LogP contribution in [0.15, 0.2) is 17.6 Å². The van der Waals surface area contributed by atoms with Gasteiger partial charge in [0.25, 0.3) is 0 Å². The Morgan fingerprint density at radius 2 is 2.37 bits per heavy atom. The van der Waals surface area contributed by atoms with Gasteiger partial charge in [0.15, 0.2) is 0 Å². The average Bonchev–Trinajstić information content (AvgIpc) is 2.96. The largest absolute Gasteiger partial charge is 0.477 e. The van der Waals surface area contributed by atoms with E-state index >= 15 is 0 Å². The van der Waals surface area contributed by atoms with Crippen molar-refractivity contribution in [2.24, 2.45) is 0 Å². The number of nitrogens with zero attached hydrogens (tertiary/aromatic N) is 1. The number of aromatic amines is 1. The van der Waals surface area contributed by atoms with E-state index in [4.69, 9.17) is 9.84 Å². The van der Waals surface area contributed by atoms with Gasteiger partial charge in [0, 0.05) is 24.3 Å². The first kappa shape index (κ1) is 12.4. The molecular formula is C13H14N2O3S. The maximum atomic E-state index is 10.8. The summed E-state index contributed by atoms with van der Waals surface area (Å²) < 4.78 is 5.60. The number of carbonyl (C=O) groups is 1. The third-order valence-corrected chi connectivity index (χ3v) is 4.68. The number of methoxy groups -OCH3 is 1. The van der Waals surface area contributed by atoms with Crippen LogP contribution in [-0.4, -0.2) is 28.2 Å². The van der Waals surface area contributed by atoms with Crippen molar-refractivity contribution >= 4 is 17.3 Å². The summed E-state index contributed by atoms with van der Waals surface area (Å²) in [6, 6.07) is 1.60. The fraction of sp³-hybridized carbons (Fsp3) is 0.385. The molecule has 0 atom stereocenters. The van der Waals surface area contributed by atoms with Crippen molar-refractivity contribution in [2.75, 3.05) is 7.11 Å². The van der Waals surface area contributed by atoms with Gasteiger partial charge in [-0.05, 0) is 25.3 Å². The predicted molar refractivity (Wildman–Crippen MR) is 71.4 cm³/mol. The molecule has 6 heteroatoms. The third kappa shape index (κ3) is 1.97. The Bertz CT molecular complexity index is 607. The lowest BCUT2D eigenvalue weighted by molar-refractivity contribution is -0.0778. The average molecular weight is 278 g/mol. The normalized spacial score (nSPS) is 17.1. The standard InChI is InChI=1S/C13H14N2O3S/c1-18-13(3-2-4-13)12-15-10(7-19-12)8-5-9(11(16)17)14-6-8/h5-7,14H,2-4H2,1H3,(H,16,17). The summed E-state index contributed by atoms with van der Waals surface area (Å²) in [6.07, 6.45) is 4.84. The van der Waals surface area contributed by atoms with Crippen LogP contribution in [0.5, 0.6) is 0 Å². The van der Waals surface area contributed by atoms with E-state index in [-0.39, 0.29) is 11.3 Å². The molecule has 1 fully saturated rings. The predicted octanol–water partition coefficient (Wildman–Crippen LogP) is 2.86. The third-order valence-electron chi connectivity index (χ3n) is 3.66. The highest BCUT2D eigenvalue weighted by Crippen LogP contribution is 2.46. The van der Waals surface area contributed by atoms with Crippen LogP contribution in [0.1, 0.15) is 34.8 Å². The molecule has 0 bridgehead atoms. The number of aromatic nitrogens is 2. The summed E-state index contributed by atoms with van der Waals surface area (Å²) in [6.45, 7) is 0. The van der Waals surface area contributed by atoms with Crippen molar-refractivity contribution in [2.45, 2.75) is 24.9 Å². The number of rotatable bonds is 4. The van der Waals surface area contributed by atoms with Crippen LogP contribution in [0.25, 0.3) is 11.3 Å². The van der Waals surface area contributed by atoms with Crippen molar-refractivity contribution in [1.29, 1.82) is 0 Å². The Kier molecular flexibility index (Phi) is 2.91. The smallest absolute Gasteiger partial charge is 0.352 e. The van der Waals surface area contributed by atoms with Crippen molar-refractivity contribution in [3.05, 3.63) is 28.3 Å². The van der Waals surface area contributed by atoms with Crippen LogP contribution in [0.4, 0.5) is 0 Å². The van der Waals surface area contributed by atoms with Gasteiger partial charge in [0.1, 0.15) is 16.3 Å². The molecule has 0 amide bonds. The molecule has 0 saturated heterocycles. The maximum absolute atomic E-state index is 10.8. The fourth-order valence-corrected chi connectivity index (χ4v) is 3.35. The molecule has 0 aliphatic heterocycles. The summed E-state index contributed by atoms with van der Waals surface area (Å²) >= 11 is 1.57. The number of aromatic carboxylic acids is 1. The van der Waals surface area contributed by atoms with E-state index in [2.05, 4.69) is 9.97 Å². The minimum absolute atomic E-state index is 0.176. The topological polar surface area (TPSA) is 75.2 Å². The second-order valence-corrected chi connectivity index (χ2v) is 5.56. The SMILES string of the molecule is COC1(c2nc(-c3c[nH]c(C(=O)O)c3)cs2)CCC1. The Hall–Kier alpha value is -1.66. The minimum Gasteiger partial charge on any atom is -0.477 e. The van der Waals surface area contributed by atoms with Crippen LogP contribution in [0.2, 0.25) is 0 Å². The van der Waals surface area contributed by atoms with E-state index in [0.29, 0.717) is 0 Å². The van der Waals surface area contributed by atoms with Crippen LogP contribution in [0, 0.1) is 0 Å². The van der Waals surface area contributed by atoms with Gasteiger partial charge in [-0.3, -0.25) is 0 Å². The molecule has 0 unspecified atom stereocenters. The second-order valence-electron chi connectivity index (χ2n) is 4.70. The molecule has 2 aromatic heterocycles. The zero-order valence-electron chi connectivity index (χ0n) is 10.5. The van der Waals surface area contributed by atoms with E-state index in [9.17, 15) is 4.79 Å². The lowest BCUT2D eigenvalue weighted by Crippen LogP contribution is -2.35. The zero-order chi connectivity index (χ0) is 13.5. The number of hydrogen-bond donors (Lipinski definition) is 2. The Labute approximate surface area is 114 Å². The molecule has 3 rings (SSSR count). The number of hydrogen-bond acceptors (Lipinski definition) is 4. The van der Waals surface area contributed by atoms with Crippen LogP contribution >= 0.6 is 11.3 Å². The number of thiazole rings is 1. The molecule has 1 aliphatic carbocycles. The Morgan fingerprint density at radius 3 is 2.89 bits per heavy atom. The highest BCUT2D eigenvalue weighted by Gasteiger charge is 2.41. The summed E-state index contributed by atoms with van der Waals surface area (Å²) in [5.74, 6) is -0.964. The monoisotopic (exact) mass is 278 g/mol. The molecule has 2 heterocycles. The number of ether oxygens (including phenoxy) is 1. The first-order valence-electron chi connectivity index (χ1n) is 6.08. The van der Waals surface area contributed by atoms with Crippen LogP contribution in [0.3, 0.4) is 0 Å². The van der Waals surface area contributed by atoms with Gasteiger partial charge in [-0.15, -0.1) is 11.3 Å². The van der Waals surface area contributed by atoms with Gasteiger partial charge in [-0.2, -0.15) is 0 Å². The molecule has 19 heavy (non-hydrogen) atoms. The second kappa shape index (κ2) is 4.47. The quantitative estimate of drug-likeness (QED) is 0.901. The summed E-state index contributed by atoms with van der Waals surface area (Å²) in [4.78, 5) is 18.2. The van der Waals surface area contributed by atoms with Crippen molar-refractivity contribution < 1.29 is 14.6 Å².